The summed E-state index contributed by atoms with van der Waals surface area (Å²) in [6.45, 7) is 0.817. The smallest absolute Gasteiger partial charge is 0.290 e. The van der Waals surface area contributed by atoms with Crippen LogP contribution in [0.25, 0.3) is 0 Å². The van der Waals surface area contributed by atoms with Crippen LogP contribution in [0.2, 0.25) is 0 Å². The van der Waals surface area contributed by atoms with Crippen molar-refractivity contribution in [3.05, 3.63) is 52.0 Å². The fourth-order valence-electron chi connectivity index (χ4n) is 2.41. The third kappa shape index (κ3) is 3.64. The van der Waals surface area contributed by atoms with Gasteiger partial charge in [-0.3, -0.25) is 9.59 Å². The zero-order valence-electron chi connectivity index (χ0n) is 12.7. The zero-order valence-corrected chi connectivity index (χ0v) is 12.7. The Morgan fingerprint density at radius 3 is 2.83 bits per heavy atom. The molecule has 1 aliphatic heterocycles. The Bertz CT molecular complexity index is 802. The van der Waals surface area contributed by atoms with Crippen LogP contribution >= 0.6 is 0 Å². The summed E-state index contributed by atoms with van der Waals surface area (Å²) >= 11 is 0. The van der Waals surface area contributed by atoms with Crippen molar-refractivity contribution in [1.29, 1.82) is 5.26 Å². The molecule has 0 spiro atoms. The lowest BCUT2D eigenvalue weighted by atomic mass is 10.1. The third-order valence-corrected chi connectivity index (χ3v) is 3.64. The molecular weight excluding hydrogens is 314 g/mol. The van der Waals surface area contributed by atoms with Gasteiger partial charge in [0.05, 0.1) is 30.3 Å². The second kappa shape index (κ2) is 7.02. The van der Waals surface area contributed by atoms with Gasteiger partial charge >= 0.3 is 0 Å². The van der Waals surface area contributed by atoms with Crippen LogP contribution < -0.4 is 15.6 Å². The van der Waals surface area contributed by atoms with Crippen molar-refractivity contribution in [3.63, 3.8) is 0 Å². The molecule has 0 saturated carbocycles. The molecule has 2 aromatic rings. The maximum absolute atomic E-state index is 12.1. The third-order valence-electron chi connectivity index (χ3n) is 3.64. The maximum Gasteiger partial charge on any atom is 0.290 e. The van der Waals surface area contributed by atoms with Gasteiger partial charge in [-0.25, -0.2) is 0 Å². The highest BCUT2D eigenvalue weighted by atomic mass is 16.5. The minimum absolute atomic E-state index is 0.0800. The van der Waals surface area contributed by atoms with Crippen molar-refractivity contribution in [3.8, 4) is 11.8 Å². The number of rotatable bonds is 4. The minimum Gasteiger partial charge on any atom is -0.486 e. The monoisotopic (exact) mass is 329 g/mol. The van der Waals surface area contributed by atoms with Crippen molar-refractivity contribution in [2.24, 2.45) is 0 Å². The number of ether oxygens (including phenoxy) is 2. The van der Waals surface area contributed by atoms with Gasteiger partial charge in [-0.1, -0.05) is 0 Å². The molecule has 1 amide bonds. The minimum atomic E-state index is -0.492. The average Bonchev–Trinajstić information content (AvgIpc) is 3.04. The van der Waals surface area contributed by atoms with Gasteiger partial charge in [0.1, 0.15) is 11.9 Å². The van der Waals surface area contributed by atoms with Gasteiger partial charge in [-0.15, -0.1) is 0 Å². The summed E-state index contributed by atoms with van der Waals surface area (Å²) in [5.41, 5.74) is 0.0621. The number of carbonyl (C=O) groups is 1. The van der Waals surface area contributed by atoms with E-state index in [1.165, 1.54) is 0 Å². The van der Waals surface area contributed by atoms with Crippen LogP contribution in [0.4, 0.5) is 0 Å². The second-order valence-electron chi connectivity index (χ2n) is 5.31. The van der Waals surface area contributed by atoms with E-state index in [2.05, 4.69) is 10.5 Å². The van der Waals surface area contributed by atoms with E-state index in [9.17, 15) is 9.59 Å². The van der Waals surface area contributed by atoms with E-state index in [4.69, 9.17) is 19.3 Å². The lowest BCUT2D eigenvalue weighted by Gasteiger charge is -2.32. The number of H-pyrrole nitrogens is 1. The van der Waals surface area contributed by atoms with Crippen LogP contribution in [-0.2, 0) is 4.74 Å². The first-order valence-electron chi connectivity index (χ1n) is 7.39. The van der Waals surface area contributed by atoms with E-state index in [0.29, 0.717) is 30.9 Å². The molecule has 1 aromatic heterocycles. The van der Waals surface area contributed by atoms with E-state index in [1.54, 1.807) is 24.3 Å². The van der Waals surface area contributed by atoms with Crippen LogP contribution in [0.1, 0.15) is 22.5 Å². The number of hydrogen-bond acceptors (Lipinski definition) is 6. The molecular formula is C16H15N3O5. The van der Waals surface area contributed by atoms with Gasteiger partial charge in [-0.2, -0.15) is 10.4 Å². The first kappa shape index (κ1) is 15.8. The van der Waals surface area contributed by atoms with Gasteiger partial charge in [0, 0.05) is 6.61 Å². The Morgan fingerprint density at radius 2 is 2.17 bits per heavy atom. The molecule has 24 heavy (non-hydrogen) atoms. The number of aromatic amines is 1. The standard InChI is InChI=1S/C16H15N3O5/c17-8-10-1-3-11(4-2-10)23-14-9-22-6-5-12(14)18-16(21)13-7-15(20)19-24-13/h1-4,7,12,14H,5-6,9H2,(H,18,21)(H,19,20)/t12-,14-/m1/s1. The number of benzene rings is 1. The van der Waals surface area contributed by atoms with E-state index < -0.39 is 11.5 Å². The van der Waals surface area contributed by atoms with Crippen molar-refractivity contribution >= 4 is 5.91 Å². The molecule has 3 rings (SSSR count). The molecule has 1 saturated heterocycles. The number of nitrogens with zero attached hydrogens (tertiary/aromatic N) is 1. The molecule has 8 heteroatoms. The van der Waals surface area contributed by atoms with Crippen molar-refractivity contribution in [2.45, 2.75) is 18.6 Å². The maximum atomic E-state index is 12.1. The van der Waals surface area contributed by atoms with Gasteiger partial charge in [-0.05, 0) is 30.7 Å². The predicted octanol–water partition coefficient (Wildman–Crippen LogP) is 0.806. The number of aromatic nitrogens is 1. The molecule has 1 fully saturated rings. The molecule has 0 bridgehead atoms. The highest BCUT2D eigenvalue weighted by Crippen LogP contribution is 2.18. The number of nitrogens with one attached hydrogen (secondary N) is 2. The van der Waals surface area contributed by atoms with Gasteiger partial charge in [0.15, 0.2) is 0 Å². The lowest BCUT2D eigenvalue weighted by Crippen LogP contribution is -2.51. The van der Waals surface area contributed by atoms with Crippen LogP contribution in [0, 0.1) is 11.3 Å². The quantitative estimate of drug-likeness (QED) is 0.857. The van der Waals surface area contributed by atoms with Gasteiger partial charge < -0.3 is 19.3 Å². The SMILES string of the molecule is N#Cc1ccc(O[C@@H]2COCC[C@H]2NC(=O)c2cc(=O)[nH]o2)cc1. The lowest BCUT2D eigenvalue weighted by molar-refractivity contribution is -0.0137. The number of hydrogen-bond donors (Lipinski definition) is 2. The molecule has 0 unspecified atom stereocenters. The molecule has 0 radical (unpaired) electrons. The summed E-state index contributed by atoms with van der Waals surface area (Å²) in [6, 6.07) is 9.53. The molecule has 0 aliphatic carbocycles. The molecule has 1 aliphatic rings. The van der Waals surface area contributed by atoms with Gasteiger partial charge in [0.2, 0.25) is 5.76 Å². The number of amides is 1. The van der Waals surface area contributed by atoms with Crippen LogP contribution in [0.3, 0.4) is 0 Å². The first-order chi connectivity index (χ1) is 11.7. The average molecular weight is 329 g/mol. The summed E-state index contributed by atoms with van der Waals surface area (Å²) in [5, 5.41) is 13.7. The summed E-state index contributed by atoms with van der Waals surface area (Å²) in [6.07, 6.45) is 0.183. The largest absolute Gasteiger partial charge is 0.486 e. The second-order valence-corrected chi connectivity index (χ2v) is 5.31. The Hall–Kier alpha value is -3.05. The van der Waals surface area contributed by atoms with Crippen LogP contribution in [0.5, 0.6) is 5.75 Å². The number of nitriles is 1. The van der Waals surface area contributed by atoms with Crippen LogP contribution in [0.15, 0.2) is 39.6 Å². The molecule has 2 heterocycles. The normalized spacial score (nSPS) is 20.1. The topological polar surface area (TPSA) is 117 Å². The Kier molecular flexibility index (Phi) is 4.63. The van der Waals surface area contributed by atoms with E-state index >= 15 is 0 Å². The molecule has 124 valence electrons. The molecule has 1 aromatic carbocycles. The highest BCUT2D eigenvalue weighted by Gasteiger charge is 2.30. The number of carbonyl (C=O) groups excluding carboxylic acids is 1. The fraction of sp³-hybridized carbons (Fsp3) is 0.312. The van der Waals surface area contributed by atoms with E-state index in [-0.39, 0.29) is 17.9 Å². The Labute approximate surface area is 136 Å². The van der Waals surface area contributed by atoms with Crippen molar-refractivity contribution < 1.29 is 18.8 Å². The summed E-state index contributed by atoms with van der Waals surface area (Å²) < 4.78 is 16.1. The van der Waals surface area contributed by atoms with E-state index in [0.717, 1.165) is 6.07 Å². The molecule has 2 atom stereocenters. The Balaban J connectivity index is 1.67. The van der Waals surface area contributed by atoms with Crippen LogP contribution in [-0.4, -0.2) is 36.4 Å². The zero-order chi connectivity index (χ0) is 16.9. The fourth-order valence-corrected chi connectivity index (χ4v) is 2.41. The first-order valence-corrected chi connectivity index (χ1v) is 7.39. The summed E-state index contributed by atoms with van der Waals surface area (Å²) in [4.78, 5) is 23.2. The van der Waals surface area contributed by atoms with Crippen molar-refractivity contribution in [1.82, 2.24) is 10.5 Å². The Morgan fingerprint density at radius 1 is 1.38 bits per heavy atom. The highest BCUT2D eigenvalue weighted by molar-refractivity contribution is 5.91. The molecule has 8 nitrogen and oxygen atoms in total. The van der Waals surface area contributed by atoms with E-state index in [1.807, 2.05) is 6.07 Å². The summed E-state index contributed by atoms with van der Waals surface area (Å²) in [5.74, 6) is 0.00854. The van der Waals surface area contributed by atoms with Crippen molar-refractivity contribution in [2.75, 3.05) is 13.2 Å². The molecule has 2 N–H and O–H groups in total. The summed E-state index contributed by atoms with van der Waals surface area (Å²) in [7, 11) is 0. The van der Waals surface area contributed by atoms with Gasteiger partial charge in [0.25, 0.3) is 11.5 Å². The predicted molar refractivity (Wildman–Crippen MR) is 81.6 cm³/mol.